The monoisotopic (exact) mass is 682 g/mol. The first-order valence-corrected chi connectivity index (χ1v) is 16.2. The first-order chi connectivity index (χ1) is 20.4. The maximum atomic E-state index is 13.4. The fourth-order valence-electron chi connectivity index (χ4n) is 5.11. The maximum Gasteiger partial charge on any atom is 0.339 e. The minimum Gasteiger partial charge on any atom is -0.464 e. The van der Waals surface area contributed by atoms with Crippen LogP contribution < -0.4 is 0 Å². The number of thiazole rings is 1. The van der Waals surface area contributed by atoms with E-state index in [1.165, 1.54) is 0 Å². The van der Waals surface area contributed by atoms with Crippen molar-refractivity contribution in [2.75, 3.05) is 27.2 Å². The second-order valence-corrected chi connectivity index (χ2v) is 14.0. The van der Waals surface area contributed by atoms with Crippen LogP contribution in [0.2, 0.25) is 5.02 Å². The van der Waals surface area contributed by atoms with E-state index < -0.39 is 17.7 Å². The topological polar surface area (TPSA) is 69.5 Å². The number of aryl methyl sites for hydroxylation is 1. The van der Waals surface area contributed by atoms with Crippen molar-refractivity contribution < 1.29 is 14.3 Å². The van der Waals surface area contributed by atoms with E-state index in [0.29, 0.717) is 5.02 Å². The number of likely N-dealkylation sites (N-methyl/N-ethyl adjacent to an activating group) is 1. The first kappa shape index (κ1) is 31.6. The van der Waals surface area contributed by atoms with E-state index >= 15 is 0 Å². The lowest BCUT2D eigenvalue weighted by Gasteiger charge is -2.29. The standard InChI is InChI=1S/C33H36BrClN4O3S/c1-8-41-32(40)28(42-33(3,4)5)26-19(2)17-24-29(27(26)20-9-12-22(35)13-10-20)43-31(36-24)21-11-14-25-23(18-21)30(34)37-39(25)16-15-38(6)7/h9-14,17-18,28H,8,15-16H2,1-7H3/t28-/m0/s1. The lowest BCUT2D eigenvalue weighted by molar-refractivity contribution is -0.166. The van der Waals surface area contributed by atoms with Gasteiger partial charge in [-0.25, -0.2) is 9.78 Å². The molecule has 2 aromatic heterocycles. The minimum absolute atomic E-state index is 0.259. The van der Waals surface area contributed by atoms with E-state index in [4.69, 9.17) is 31.2 Å². The largest absolute Gasteiger partial charge is 0.464 e. The zero-order valence-corrected chi connectivity index (χ0v) is 28.7. The Morgan fingerprint density at radius 2 is 1.81 bits per heavy atom. The zero-order chi connectivity index (χ0) is 31.1. The lowest BCUT2D eigenvalue weighted by Crippen LogP contribution is -2.29. The molecule has 5 rings (SSSR count). The molecule has 0 saturated carbocycles. The van der Waals surface area contributed by atoms with Crippen LogP contribution in [0.15, 0.2) is 53.1 Å². The second-order valence-electron chi connectivity index (χ2n) is 11.8. The summed E-state index contributed by atoms with van der Waals surface area (Å²) in [5.74, 6) is -0.415. The van der Waals surface area contributed by atoms with Crippen molar-refractivity contribution in [3.63, 3.8) is 0 Å². The van der Waals surface area contributed by atoms with Crippen LogP contribution in [-0.4, -0.2) is 58.5 Å². The Bertz CT molecular complexity index is 1790. The molecule has 0 amide bonds. The van der Waals surface area contributed by atoms with Gasteiger partial charge in [-0.2, -0.15) is 5.10 Å². The van der Waals surface area contributed by atoms with Gasteiger partial charge in [-0.3, -0.25) is 4.68 Å². The highest BCUT2D eigenvalue weighted by Crippen LogP contribution is 2.45. The van der Waals surface area contributed by atoms with E-state index in [2.05, 4.69) is 53.1 Å². The summed E-state index contributed by atoms with van der Waals surface area (Å²) in [4.78, 5) is 20.7. The number of halogens is 2. The Morgan fingerprint density at radius 1 is 1.12 bits per heavy atom. The van der Waals surface area contributed by atoms with Gasteiger partial charge in [-0.15, -0.1) is 11.3 Å². The lowest BCUT2D eigenvalue weighted by atomic mass is 9.91. The number of carbonyl (C=O) groups is 1. The number of carbonyl (C=O) groups excluding carboxylic acids is 1. The van der Waals surface area contributed by atoms with Gasteiger partial charge in [0.25, 0.3) is 0 Å². The van der Waals surface area contributed by atoms with Gasteiger partial charge in [-0.1, -0.05) is 23.7 Å². The molecular weight excluding hydrogens is 648 g/mol. The van der Waals surface area contributed by atoms with Crippen LogP contribution in [0.5, 0.6) is 0 Å². The Balaban J connectivity index is 1.71. The number of aromatic nitrogens is 3. The smallest absolute Gasteiger partial charge is 0.339 e. The molecule has 0 aliphatic carbocycles. The highest BCUT2D eigenvalue weighted by Gasteiger charge is 2.33. The number of fused-ring (bicyclic) bond motifs is 2. The third kappa shape index (κ3) is 6.81. The van der Waals surface area contributed by atoms with Crippen molar-refractivity contribution >= 4 is 66.0 Å². The molecule has 3 aromatic carbocycles. The Labute approximate surface area is 269 Å². The van der Waals surface area contributed by atoms with E-state index in [-0.39, 0.29) is 6.61 Å². The number of hydrogen-bond donors (Lipinski definition) is 0. The molecule has 0 fully saturated rings. The van der Waals surface area contributed by atoms with Gasteiger partial charge < -0.3 is 14.4 Å². The predicted octanol–water partition coefficient (Wildman–Crippen LogP) is 8.69. The van der Waals surface area contributed by atoms with Crippen molar-refractivity contribution in [1.82, 2.24) is 19.7 Å². The zero-order valence-electron chi connectivity index (χ0n) is 25.5. The summed E-state index contributed by atoms with van der Waals surface area (Å²) in [5.41, 5.74) is 5.83. The molecule has 0 radical (unpaired) electrons. The molecule has 0 spiro atoms. The number of esters is 1. The fraction of sp³-hybridized carbons (Fsp3) is 0.364. The van der Waals surface area contributed by atoms with Crippen LogP contribution in [0.1, 0.15) is 44.9 Å². The van der Waals surface area contributed by atoms with Gasteiger partial charge in [0, 0.05) is 33.6 Å². The molecule has 7 nitrogen and oxygen atoms in total. The van der Waals surface area contributed by atoms with Crippen LogP contribution in [-0.2, 0) is 20.8 Å². The summed E-state index contributed by atoms with van der Waals surface area (Å²) in [6.45, 7) is 11.6. The highest BCUT2D eigenvalue weighted by molar-refractivity contribution is 9.10. The summed E-state index contributed by atoms with van der Waals surface area (Å²) in [6.07, 6.45) is -0.916. The summed E-state index contributed by atoms with van der Waals surface area (Å²) < 4.78 is 15.7. The summed E-state index contributed by atoms with van der Waals surface area (Å²) in [6, 6.07) is 16.1. The summed E-state index contributed by atoms with van der Waals surface area (Å²) in [5, 5.41) is 7.27. The van der Waals surface area contributed by atoms with Crippen molar-refractivity contribution in [3.8, 4) is 21.7 Å². The van der Waals surface area contributed by atoms with Crippen LogP contribution in [0.25, 0.3) is 42.8 Å². The van der Waals surface area contributed by atoms with Crippen LogP contribution >= 0.6 is 38.9 Å². The van der Waals surface area contributed by atoms with E-state index in [1.807, 2.05) is 62.7 Å². The van der Waals surface area contributed by atoms with Gasteiger partial charge in [0.1, 0.15) is 9.61 Å². The average Bonchev–Trinajstić information content (AvgIpc) is 3.50. The first-order valence-electron chi connectivity index (χ1n) is 14.2. The second kappa shape index (κ2) is 12.7. The molecule has 0 aliphatic rings. The van der Waals surface area contributed by atoms with Crippen LogP contribution in [0.4, 0.5) is 0 Å². The molecule has 226 valence electrons. The molecule has 0 saturated heterocycles. The molecule has 43 heavy (non-hydrogen) atoms. The normalized spacial score (nSPS) is 12.9. The third-order valence-electron chi connectivity index (χ3n) is 7.01. The van der Waals surface area contributed by atoms with Crippen molar-refractivity contribution in [2.24, 2.45) is 0 Å². The molecule has 0 unspecified atom stereocenters. The number of ether oxygens (including phenoxy) is 2. The van der Waals surface area contributed by atoms with Gasteiger partial charge in [0.15, 0.2) is 6.10 Å². The molecule has 10 heteroatoms. The number of benzene rings is 3. The minimum atomic E-state index is -0.916. The molecular formula is C33H36BrClN4O3S. The third-order valence-corrected chi connectivity index (χ3v) is 8.98. The van der Waals surface area contributed by atoms with Gasteiger partial charge in [0.2, 0.25) is 0 Å². The van der Waals surface area contributed by atoms with Crippen LogP contribution in [0, 0.1) is 6.92 Å². The summed E-state index contributed by atoms with van der Waals surface area (Å²) in [7, 11) is 4.11. The predicted molar refractivity (Wildman–Crippen MR) is 180 cm³/mol. The highest BCUT2D eigenvalue weighted by atomic mass is 79.9. The van der Waals surface area contributed by atoms with Crippen LogP contribution in [0.3, 0.4) is 0 Å². The number of hydrogen-bond acceptors (Lipinski definition) is 7. The fourth-order valence-corrected chi connectivity index (χ4v) is 6.87. The van der Waals surface area contributed by atoms with Gasteiger partial charge in [0.05, 0.1) is 34.5 Å². The van der Waals surface area contributed by atoms with Crippen molar-refractivity contribution in [1.29, 1.82) is 0 Å². The van der Waals surface area contributed by atoms with Gasteiger partial charge in [-0.05, 0) is 112 Å². The Hall–Kier alpha value is -2.82. The molecule has 1 atom stereocenters. The van der Waals surface area contributed by atoms with Crippen molar-refractivity contribution in [3.05, 3.63) is 69.3 Å². The molecule has 5 aromatic rings. The Kier molecular flexibility index (Phi) is 9.30. The maximum absolute atomic E-state index is 13.4. The van der Waals surface area contributed by atoms with Crippen molar-refractivity contribution in [2.45, 2.75) is 52.9 Å². The molecule has 2 heterocycles. The quantitative estimate of drug-likeness (QED) is 0.145. The van der Waals surface area contributed by atoms with Gasteiger partial charge >= 0.3 is 5.97 Å². The molecule has 0 bridgehead atoms. The SMILES string of the molecule is CCOC(=O)[C@@H](OC(C)(C)C)c1c(C)cc2nc(-c3ccc4c(c3)c(Br)nn4CCN(C)C)sc2c1-c1ccc(Cl)cc1. The number of rotatable bonds is 9. The van der Waals surface area contributed by atoms with E-state index in [0.717, 1.165) is 71.6 Å². The molecule has 0 N–H and O–H groups in total. The average molecular weight is 684 g/mol. The Morgan fingerprint density at radius 3 is 2.47 bits per heavy atom. The summed E-state index contributed by atoms with van der Waals surface area (Å²) >= 11 is 11.6. The van der Waals surface area contributed by atoms with E-state index in [9.17, 15) is 4.79 Å². The number of nitrogens with zero attached hydrogens (tertiary/aromatic N) is 4. The molecule has 0 aliphatic heterocycles. The van der Waals surface area contributed by atoms with E-state index in [1.54, 1.807) is 18.3 Å².